The van der Waals surface area contributed by atoms with Crippen LogP contribution in [0.15, 0.2) is 29.2 Å². The van der Waals surface area contributed by atoms with Gasteiger partial charge < -0.3 is 10.6 Å². The fraction of sp³-hybridized carbons (Fsp3) is 0.533. The Balaban J connectivity index is 1.54. The van der Waals surface area contributed by atoms with Crippen LogP contribution in [0.1, 0.15) is 19.3 Å². The Kier molecular flexibility index (Phi) is 6.33. The molecule has 1 amide bonds. The number of carbonyl (C=O) groups is 1. The number of rotatable bonds is 7. The van der Waals surface area contributed by atoms with Crippen molar-refractivity contribution in [1.29, 1.82) is 0 Å². The highest BCUT2D eigenvalue weighted by Crippen LogP contribution is 2.18. The lowest BCUT2D eigenvalue weighted by molar-refractivity contribution is -0.120. The number of halogens is 1. The minimum atomic E-state index is -0.228. The minimum absolute atomic E-state index is 0.102. The summed E-state index contributed by atoms with van der Waals surface area (Å²) in [6.45, 7) is 2.95. The summed E-state index contributed by atoms with van der Waals surface area (Å²) in [5, 5.41) is 6.29. The number of carbonyl (C=O) groups excluding carboxylic acids is 1. The Morgan fingerprint density at radius 2 is 2.20 bits per heavy atom. The van der Waals surface area contributed by atoms with Crippen LogP contribution in [0.5, 0.6) is 0 Å². The normalized spacial score (nSPS) is 18.1. The van der Waals surface area contributed by atoms with E-state index in [0.717, 1.165) is 36.7 Å². The zero-order valence-corrected chi connectivity index (χ0v) is 12.3. The third-order valence-electron chi connectivity index (χ3n) is 3.45. The van der Waals surface area contributed by atoms with E-state index < -0.39 is 0 Å². The van der Waals surface area contributed by atoms with Gasteiger partial charge in [-0.1, -0.05) is 0 Å². The molecule has 1 aromatic carbocycles. The van der Waals surface area contributed by atoms with Gasteiger partial charge >= 0.3 is 0 Å². The number of thioether (sulfide) groups is 1. The second-order valence-electron chi connectivity index (χ2n) is 5.05. The van der Waals surface area contributed by atoms with Gasteiger partial charge in [0, 0.05) is 23.6 Å². The van der Waals surface area contributed by atoms with Gasteiger partial charge in [0.15, 0.2) is 0 Å². The molecule has 2 N–H and O–H groups in total. The maximum atomic E-state index is 12.7. The molecule has 1 saturated heterocycles. The molecule has 0 radical (unpaired) electrons. The Morgan fingerprint density at radius 3 is 2.90 bits per heavy atom. The number of hydrogen-bond acceptors (Lipinski definition) is 3. The molecule has 1 aliphatic rings. The van der Waals surface area contributed by atoms with E-state index >= 15 is 0 Å². The first kappa shape index (κ1) is 15.3. The van der Waals surface area contributed by atoms with Crippen LogP contribution in [0.3, 0.4) is 0 Å². The monoisotopic (exact) mass is 296 g/mol. The van der Waals surface area contributed by atoms with Crippen LogP contribution in [-0.2, 0) is 4.79 Å². The van der Waals surface area contributed by atoms with E-state index in [-0.39, 0.29) is 11.7 Å². The second-order valence-corrected chi connectivity index (χ2v) is 6.22. The molecule has 3 nitrogen and oxygen atoms in total. The molecule has 1 atom stereocenters. The molecule has 1 heterocycles. The van der Waals surface area contributed by atoms with Crippen molar-refractivity contribution in [3.63, 3.8) is 0 Å². The van der Waals surface area contributed by atoms with E-state index in [0.29, 0.717) is 12.3 Å². The number of amides is 1. The summed E-state index contributed by atoms with van der Waals surface area (Å²) < 4.78 is 12.7. The Bertz CT molecular complexity index is 418. The SMILES string of the molecule is O=C(CCSc1ccc(F)cc1)NCCC1CCNC1. The molecule has 1 fully saturated rings. The van der Waals surface area contributed by atoms with E-state index in [1.54, 1.807) is 23.9 Å². The van der Waals surface area contributed by atoms with E-state index in [1.807, 2.05) is 0 Å². The van der Waals surface area contributed by atoms with Crippen molar-refractivity contribution < 1.29 is 9.18 Å². The Hall–Kier alpha value is -1.07. The Labute approximate surface area is 123 Å². The van der Waals surface area contributed by atoms with E-state index in [4.69, 9.17) is 0 Å². The molecule has 0 spiro atoms. The lowest BCUT2D eigenvalue weighted by Crippen LogP contribution is -2.26. The van der Waals surface area contributed by atoms with Crippen molar-refractivity contribution in [3.05, 3.63) is 30.1 Å². The molecule has 1 unspecified atom stereocenters. The smallest absolute Gasteiger partial charge is 0.220 e. The zero-order valence-electron chi connectivity index (χ0n) is 11.5. The van der Waals surface area contributed by atoms with E-state index in [9.17, 15) is 9.18 Å². The van der Waals surface area contributed by atoms with Crippen LogP contribution in [0.2, 0.25) is 0 Å². The fourth-order valence-corrected chi connectivity index (χ4v) is 3.11. The first-order chi connectivity index (χ1) is 9.74. The summed E-state index contributed by atoms with van der Waals surface area (Å²) in [4.78, 5) is 12.7. The second kappa shape index (κ2) is 8.27. The van der Waals surface area contributed by atoms with Crippen molar-refractivity contribution in [3.8, 4) is 0 Å². The number of benzene rings is 1. The lowest BCUT2D eigenvalue weighted by atomic mass is 10.1. The van der Waals surface area contributed by atoms with Crippen molar-refractivity contribution in [2.45, 2.75) is 24.2 Å². The first-order valence-electron chi connectivity index (χ1n) is 7.10. The molecule has 5 heteroatoms. The fourth-order valence-electron chi connectivity index (χ4n) is 2.26. The first-order valence-corrected chi connectivity index (χ1v) is 8.08. The highest BCUT2D eigenvalue weighted by Gasteiger charge is 2.13. The largest absolute Gasteiger partial charge is 0.356 e. The van der Waals surface area contributed by atoms with E-state index in [2.05, 4.69) is 10.6 Å². The lowest BCUT2D eigenvalue weighted by Gasteiger charge is -2.09. The van der Waals surface area contributed by atoms with Gasteiger partial charge in [0.2, 0.25) is 5.91 Å². The van der Waals surface area contributed by atoms with Crippen LogP contribution in [-0.4, -0.2) is 31.3 Å². The van der Waals surface area contributed by atoms with Gasteiger partial charge in [0.25, 0.3) is 0 Å². The average Bonchev–Trinajstić information content (AvgIpc) is 2.94. The summed E-state index contributed by atoms with van der Waals surface area (Å²) in [5.41, 5.74) is 0. The van der Waals surface area contributed by atoms with Gasteiger partial charge in [0.05, 0.1) is 0 Å². The molecule has 0 aromatic heterocycles. The summed E-state index contributed by atoms with van der Waals surface area (Å²) >= 11 is 1.58. The van der Waals surface area contributed by atoms with Gasteiger partial charge in [-0.3, -0.25) is 4.79 Å². The van der Waals surface area contributed by atoms with Gasteiger partial charge in [-0.15, -0.1) is 11.8 Å². The predicted molar refractivity (Wildman–Crippen MR) is 80.3 cm³/mol. The summed E-state index contributed by atoms with van der Waals surface area (Å²) in [6.07, 6.45) is 2.78. The van der Waals surface area contributed by atoms with Gasteiger partial charge in [0.1, 0.15) is 5.82 Å². The summed E-state index contributed by atoms with van der Waals surface area (Å²) in [7, 11) is 0. The number of hydrogen-bond donors (Lipinski definition) is 2. The summed E-state index contributed by atoms with van der Waals surface area (Å²) in [6, 6.07) is 6.37. The van der Waals surface area contributed by atoms with Crippen molar-refractivity contribution in [2.75, 3.05) is 25.4 Å². The molecule has 110 valence electrons. The average molecular weight is 296 g/mol. The van der Waals surface area contributed by atoms with Crippen LogP contribution >= 0.6 is 11.8 Å². The van der Waals surface area contributed by atoms with Crippen LogP contribution in [0.4, 0.5) is 4.39 Å². The van der Waals surface area contributed by atoms with Crippen LogP contribution in [0, 0.1) is 11.7 Å². The van der Waals surface area contributed by atoms with Crippen molar-refractivity contribution >= 4 is 17.7 Å². The molecular formula is C15H21FN2OS. The maximum absolute atomic E-state index is 12.7. The quantitative estimate of drug-likeness (QED) is 0.759. The Morgan fingerprint density at radius 1 is 1.40 bits per heavy atom. The third kappa shape index (κ3) is 5.51. The molecular weight excluding hydrogens is 275 g/mol. The third-order valence-corrected chi connectivity index (χ3v) is 4.46. The zero-order chi connectivity index (χ0) is 14.2. The van der Waals surface area contributed by atoms with Gasteiger partial charge in [-0.25, -0.2) is 4.39 Å². The minimum Gasteiger partial charge on any atom is -0.356 e. The van der Waals surface area contributed by atoms with E-state index in [1.165, 1.54) is 18.6 Å². The van der Waals surface area contributed by atoms with Crippen LogP contribution in [0.25, 0.3) is 0 Å². The molecule has 0 saturated carbocycles. The standard InChI is InChI=1S/C15H21FN2OS/c16-13-1-3-14(4-2-13)20-10-7-15(19)18-9-6-12-5-8-17-11-12/h1-4,12,17H,5-11H2,(H,18,19). The van der Waals surface area contributed by atoms with Crippen molar-refractivity contribution in [2.24, 2.45) is 5.92 Å². The van der Waals surface area contributed by atoms with Crippen LogP contribution < -0.4 is 10.6 Å². The van der Waals surface area contributed by atoms with Gasteiger partial charge in [-0.2, -0.15) is 0 Å². The van der Waals surface area contributed by atoms with Gasteiger partial charge in [-0.05, 0) is 56.1 Å². The highest BCUT2D eigenvalue weighted by molar-refractivity contribution is 7.99. The maximum Gasteiger partial charge on any atom is 0.220 e. The molecule has 0 aliphatic carbocycles. The number of nitrogens with one attached hydrogen (secondary N) is 2. The molecule has 1 aromatic rings. The summed E-state index contributed by atoms with van der Waals surface area (Å²) in [5.74, 6) is 1.31. The highest BCUT2D eigenvalue weighted by atomic mass is 32.2. The molecule has 1 aliphatic heterocycles. The molecule has 2 rings (SSSR count). The topological polar surface area (TPSA) is 41.1 Å². The molecule has 0 bridgehead atoms. The van der Waals surface area contributed by atoms with Crippen molar-refractivity contribution in [1.82, 2.24) is 10.6 Å². The predicted octanol–water partition coefficient (Wildman–Crippen LogP) is 2.42. The molecule has 20 heavy (non-hydrogen) atoms.